The van der Waals surface area contributed by atoms with Gasteiger partial charge >= 0.3 is 0 Å². The molecule has 0 amide bonds. The predicted molar refractivity (Wildman–Crippen MR) is 93.6 cm³/mol. The van der Waals surface area contributed by atoms with Gasteiger partial charge in [-0.1, -0.05) is 60.9 Å². The molecule has 3 rings (SSSR count). The van der Waals surface area contributed by atoms with E-state index in [2.05, 4.69) is 43.3 Å². The molecular weight excluding hydrogens is 284 g/mol. The van der Waals surface area contributed by atoms with E-state index in [4.69, 9.17) is 4.74 Å². The summed E-state index contributed by atoms with van der Waals surface area (Å²) in [7, 11) is 0. The Morgan fingerprint density at radius 1 is 1.00 bits per heavy atom. The maximum atomic E-state index is 10.2. The Kier molecular flexibility index (Phi) is 5.35. The van der Waals surface area contributed by atoms with Crippen LogP contribution in [0.15, 0.2) is 48.5 Å². The number of hydrogen-bond acceptors (Lipinski definition) is 2. The third-order valence-corrected chi connectivity index (χ3v) is 4.84. The third kappa shape index (κ3) is 4.35. The molecule has 2 unspecified atom stereocenters. The fraction of sp³-hybridized carbons (Fsp3) is 0.429. The van der Waals surface area contributed by atoms with Crippen LogP contribution in [0.4, 0.5) is 0 Å². The van der Waals surface area contributed by atoms with Gasteiger partial charge in [-0.2, -0.15) is 0 Å². The molecule has 2 nitrogen and oxygen atoms in total. The quantitative estimate of drug-likeness (QED) is 0.869. The fourth-order valence-corrected chi connectivity index (χ4v) is 3.37. The van der Waals surface area contributed by atoms with Gasteiger partial charge < -0.3 is 9.84 Å². The van der Waals surface area contributed by atoms with Gasteiger partial charge in [-0.05, 0) is 49.3 Å². The molecule has 0 radical (unpaired) electrons. The van der Waals surface area contributed by atoms with Gasteiger partial charge in [-0.25, -0.2) is 0 Å². The third-order valence-electron chi connectivity index (χ3n) is 4.84. The van der Waals surface area contributed by atoms with Crippen molar-refractivity contribution in [1.82, 2.24) is 0 Å². The molecule has 0 aliphatic heterocycles. The van der Waals surface area contributed by atoms with Crippen molar-refractivity contribution in [1.29, 1.82) is 0 Å². The summed E-state index contributed by atoms with van der Waals surface area (Å²) < 4.78 is 6.06. The summed E-state index contributed by atoms with van der Waals surface area (Å²) >= 11 is 0. The highest BCUT2D eigenvalue weighted by Gasteiger charge is 2.24. The van der Waals surface area contributed by atoms with Crippen molar-refractivity contribution < 1.29 is 9.84 Å². The lowest BCUT2D eigenvalue weighted by atomic mass is 9.82. The van der Waals surface area contributed by atoms with E-state index in [9.17, 15) is 5.11 Å². The number of aliphatic hydroxyl groups is 1. The Morgan fingerprint density at radius 3 is 2.52 bits per heavy atom. The number of rotatable bonds is 5. The highest BCUT2D eigenvalue weighted by molar-refractivity contribution is 5.34. The number of aryl methyl sites for hydroxylation is 1. The molecule has 1 N–H and O–H groups in total. The monoisotopic (exact) mass is 310 g/mol. The summed E-state index contributed by atoms with van der Waals surface area (Å²) in [5, 5.41) is 10.2. The van der Waals surface area contributed by atoms with Crippen LogP contribution >= 0.6 is 0 Å². The molecule has 2 heteroatoms. The molecule has 0 spiro atoms. The molecule has 0 bridgehead atoms. The number of ether oxygens (including phenoxy) is 1. The van der Waals surface area contributed by atoms with Crippen LogP contribution in [0.25, 0.3) is 0 Å². The Labute approximate surface area is 139 Å². The van der Waals surface area contributed by atoms with Gasteiger partial charge in [0.15, 0.2) is 0 Å². The molecule has 1 saturated carbocycles. The summed E-state index contributed by atoms with van der Waals surface area (Å²) in [5.41, 5.74) is 3.66. The first-order valence-electron chi connectivity index (χ1n) is 8.66. The average Bonchev–Trinajstić information content (AvgIpc) is 2.57. The SMILES string of the molecule is Cc1ccc(COc2ccccc2CC2CCCCC2O)cc1. The van der Waals surface area contributed by atoms with Crippen LogP contribution in [0.2, 0.25) is 0 Å². The molecular formula is C21H26O2. The van der Waals surface area contributed by atoms with E-state index in [1.165, 1.54) is 23.1 Å². The summed E-state index contributed by atoms with van der Waals surface area (Å²) in [6.45, 7) is 2.68. The second-order valence-electron chi connectivity index (χ2n) is 6.70. The molecule has 2 aromatic carbocycles. The van der Waals surface area contributed by atoms with Crippen LogP contribution in [-0.2, 0) is 13.0 Å². The van der Waals surface area contributed by atoms with Gasteiger partial charge in [0, 0.05) is 0 Å². The largest absolute Gasteiger partial charge is 0.489 e. The van der Waals surface area contributed by atoms with Gasteiger partial charge in [-0.15, -0.1) is 0 Å². The lowest BCUT2D eigenvalue weighted by molar-refractivity contribution is 0.0696. The van der Waals surface area contributed by atoms with Gasteiger partial charge in [0.2, 0.25) is 0 Å². The van der Waals surface area contributed by atoms with Crippen LogP contribution in [0.3, 0.4) is 0 Å². The maximum absolute atomic E-state index is 10.2. The minimum atomic E-state index is -0.158. The molecule has 0 saturated heterocycles. The normalized spacial score (nSPS) is 21.1. The van der Waals surface area contributed by atoms with Crippen LogP contribution in [0.5, 0.6) is 5.75 Å². The lowest BCUT2D eigenvalue weighted by Gasteiger charge is -2.28. The number of aliphatic hydroxyl groups excluding tert-OH is 1. The van der Waals surface area contributed by atoms with E-state index in [-0.39, 0.29) is 6.10 Å². The Bertz CT molecular complexity index is 618. The van der Waals surface area contributed by atoms with Crippen molar-refractivity contribution in [2.24, 2.45) is 5.92 Å². The molecule has 0 heterocycles. The first-order valence-corrected chi connectivity index (χ1v) is 8.66. The average molecular weight is 310 g/mol. The van der Waals surface area contributed by atoms with Crippen molar-refractivity contribution in [2.75, 3.05) is 0 Å². The molecule has 0 aromatic heterocycles. The summed E-state index contributed by atoms with van der Waals surface area (Å²) in [5.74, 6) is 1.32. The highest BCUT2D eigenvalue weighted by atomic mass is 16.5. The van der Waals surface area contributed by atoms with Crippen molar-refractivity contribution in [3.63, 3.8) is 0 Å². The first-order chi connectivity index (χ1) is 11.2. The summed E-state index contributed by atoms with van der Waals surface area (Å²) in [6.07, 6.45) is 5.20. The molecule has 1 aliphatic carbocycles. The van der Waals surface area contributed by atoms with Crippen LogP contribution in [-0.4, -0.2) is 11.2 Å². The topological polar surface area (TPSA) is 29.5 Å². The van der Waals surface area contributed by atoms with Crippen molar-refractivity contribution in [3.8, 4) is 5.75 Å². The molecule has 122 valence electrons. The van der Waals surface area contributed by atoms with Gasteiger partial charge in [0.05, 0.1) is 6.10 Å². The lowest BCUT2D eigenvalue weighted by Crippen LogP contribution is -2.26. The Hall–Kier alpha value is -1.80. The molecule has 2 aromatic rings. The predicted octanol–water partition coefficient (Wildman–Crippen LogP) is 4.67. The Balaban J connectivity index is 1.66. The minimum absolute atomic E-state index is 0.158. The van der Waals surface area contributed by atoms with Gasteiger partial charge in [0.1, 0.15) is 12.4 Å². The molecule has 1 aliphatic rings. The van der Waals surface area contributed by atoms with Crippen LogP contribution in [0.1, 0.15) is 42.4 Å². The van der Waals surface area contributed by atoms with E-state index >= 15 is 0 Å². The molecule has 23 heavy (non-hydrogen) atoms. The highest BCUT2D eigenvalue weighted by Crippen LogP contribution is 2.30. The standard InChI is InChI=1S/C21H26O2/c1-16-10-12-17(13-11-16)15-23-21-9-5-3-7-19(21)14-18-6-2-4-8-20(18)22/h3,5,7,9-13,18,20,22H,2,4,6,8,14-15H2,1H3. The van der Waals surface area contributed by atoms with Crippen molar-refractivity contribution in [2.45, 2.75) is 51.7 Å². The van der Waals surface area contributed by atoms with Crippen molar-refractivity contribution in [3.05, 3.63) is 65.2 Å². The minimum Gasteiger partial charge on any atom is -0.489 e. The van der Waals surface area contributed by atoms with E-state index in [1.807, 2.05) is 12.1 Å². The number of benzene rings is 2. The van der Waals surface area contributed by atoms with Gasteiger partial charge in [0.25, 0.3) is 0 Å². The summed E-state index contributed by atoms with van der Waals surface area (Å²) in [6, 6.07) is 16.7. The number of hydrogen-bond donors (Lipinski definition) is 1. The zero-order valence-electron chi connectivity index (χ0n) is 13.9. The number of para-hydroxylation sites is 1. The van der Waals surface area contributed by atoms with Crippen LogP contribution in [0, 0.1) is 12.8 Å². The second-order valence-corrected chi connectivity index (χ2v) is 6.70. The Morgan fingerprint density at radius 2 is 1.74 bits per heavy atom. The van der Waals surface area contributed by atoms with E-state index in [0.29, 0.717) is 12.5 Å². The van der Waals surface area contributed by atoms with E-state index in [0.717, 1.165) is 31.4 Å². The van der Waals surface area contributed by atoms with Crippen molar-refractivity contribution >= 4 is 0 Å². The smallest absolute Gasteiger partial charge is 0.123 e. The van der Waals surface area contributed by atoms with E-state index in [1.54, 1.807) is 0 Å². The summed E-state index contributed by atoms with van der Waals surface area (Å²) in [4.78, 5) is 0. The zero-order chi connectivity index (χ0) is 16.1. The fourth-order valence-electron chi connectivity index (χ4n) is 3.37. The maximum Gasteiger partial charge on any atom is 0.123 e. The molecule has 1 fully saturated rings. The first kappa shape index (κ1) is 16.1. The zero-order valence-corrected chi connectivity index (χ0v) is 13.9. The van der Waals surface area contributed by atoms with E-state index < -0.39 is 0 Å². The molecule has 2 atom stereocenters. The van der Waals surface area contributed by atoms with Gasteiger partial charge in [-0.3, -0.25) is 0 Å². The van der Waals surface area contributed by atoms with Crippen LogP contribution < -0.4 is 4.74 Å². The second kappa shape index (κ2) is 7.65.